The summed E-state index contributed by atoms with van der Waals surface area (Å²) in [5.41, 5.74) is 6.71. The lowest BCUT2D eigenvalue weighted by Gasteiger charge is -2.28. The topological polar surface area (TPSA) is 29.3 Å². The van der Waals surface area contributed by atoms with Crippen LogP contribution in [0, 0.1) is 0 Å². The molecule has 0 unspecified atom stereocenters. The van der Waals surface area contributed by atoms with Crippen molar-refractivity contribution in [1.82, 2.24) is 0 Å². The van der Waals surface area contributed by atoms with Gasteiger partial charge in [0.2, 0.25) is 0 Å². The van der Waals surface area contributed by atoms with Gasteiger partial charge in [-0.05, 0) is 37.1 Å². The van der Waals surface area contributed by atoms with Gasteiger partial charge in [-0.2, -0.15) is 13.2 Å². The van der Waals surface area contributed by atoms with E-state index in [2.05, 4.69) is 0 Å². The zero-order valence-electron chi connectivity index (χ0n) is 10.8. The van der Waals surface area contributed by atoms with Crippen molar-refractivity contribution in [2.45, 2.75) is 25.9 Å². The smallest absolute Gasteiger partial charge is 0.362 e. The molecule has 0 aliphatic rings. The van der Waals surface area contributed by atoms with Crippen molar-refractivity contribution in [2.24, 2.45) is 5.73 Å². The van der Waals surface area contributed by atoms with Crippen LogP contribution in [0.15, 0.2) is 18.2 Å². The van der Waals surface area contributed by atoms with Crippen molar-refractivity contribution in [2.75, 3.05) is 24.5 Å². The van der Waals surface area contributed by atoms with E-state index in [1.165, 1.54) is 4.90 Å². The maximum atomic E-state index is 12.6. The van der Waals surface area contributed by atoms with Gasteiger partial charge in [0.1, 0.15) is 6.54 Å². The first-order valence-corrected chi connectivity index (χ1v) is 6.56. The number of halogens is 4. The third-order valence-corrected chi connectivity index (χ3v) is 3.05. The van der Waals surface area contributed by atoms with Crippen LogP contribution in [-0.2, 0) is 6.42 Å². The molecule has 0 spiro atoms. The number of benzene rings is 1. The zero-order valence-corrected chi connectivity index (χ0v) is 11.6. The normalized spacial score (nSPS) is 11.7. The lowest BCUT2D eigenvalue weighted by molar-refractivity contribution is -0.119. The maximum Gasteiger partial charge on any atom is 0.405 e. The molecule has 1 rings (SSSR count). The predicted molar refractivity (Wildman–Crippen MR) is 72.8 cm³/mol. The van der Waals surface area contributed by atoms with E-state index in [-0.39, 0.29) is 0 Å². The summed E-state index contributed by atoms with van der Waals surface area (Å²) in [6, 6.07) is 5.00. The highest BCUT2D eigenvalue weighted by atomic mass is 35.5. The van der Waals surface area contributed by atoms with Crippen LogP contribution in [-0.4, -0.2) is 25.8 Å². The first-order chi connectivity index (χ1) is 8.89. The summed E-state index contributed by atoms with van der Waals surface area (Å²) < 4.78 is 37.9. The minimum absolute atomic E-state index is 0.331. The molecule has 0 radical (unpaired) electrons. The van der Waals surface area contributed by atoms with Crippen LogP contribution in [0.25, 0.3) is 0 Å². The molecule has 0 heterocycles. The number of hydrogen-bond acceptors (Lipinski definition) is 2. The number of nitrogens with zero attached hydrogens (tertiary/aromatic N) is 1. The Balaban J connectivity index is 3.10. The monoisotopic (exact) mass is 294 g/mol. The maximum absolute atomic E-state index is 12.6. The number of alkyl halides is 3. The second-order valence-electron chi connectivity index (χ2n) is 4.31. The number of anilines is 1. The van der Waals surface area contributed by atoms with Crippen LogP contribution >= 0.6 is 11.6 Å². The van der Waals surface area contributed by atoms with Crippen molar-refractivity contribution >= 4 is 17.3 Å². The van der Waals surface area contributed by atoms with E-state index in [1.54, 1.807) is 18.2 Å². The predicted octanol–water partition coefficient (Wildman–Crippen LogP) is 3.62. The Morgan fingerprint density at radius 2 is 2.00 bits per heavy atom. The third kappa shape index (κ3) is 4.91. The molecule has 0 aromatic heterocycles. The summed E-state index contributed by atoms with van der Waals surface area (Å²) in [4.78, 5) is 1.32. The molecule has 6 heteroatoms. The summed E-state index contributed by atoms with van der Waals surface area (Å²) in [5.74, 6) is 0. The molecule has 0 atom stereocenters. The number of nitrogens with two attached hydrogens (primary N) is 1. The van der Waals surface area contributed by atoms with Crippen molar-refractivity contribution in [3.63, 3.8) is 0 Å². The van der Waals surface area contributed by atoms with Crippen molar-refractivity contribution in [3.05, 3.63) is 28.8 Å². The quantitative estimate of drug-likeness (QED) is 0.868. The Morgan fingerprint density at radius 3 is 2.53 bits per heavy atom. The van der Waals surface area contributed by atoms with E-state index >= 15 is 0 Å². The van der Waals surface area contributed by atoms with Crippen LogP contribution in [0.2, 0.25) is 5.02 Å². The zero-order chi connectivity index (χ0) is 14.5. The third-order valence-electron chi connectivity index (χ3n) is 2.69. The van der Waals surface area contributed by atoms with Crippen molar-refractivity contribution in [3.8, 4) is 0 Å². The highest BCUT2D eigenvalue weighted by Crippen LogP contribution is 2.30. The van der Waals surface area contributed by atoms with Gasteiger partial charge in [-0.25, -0.2) is 0 Å². The van der Waals surface area contributed by atoms with Gasteiger partial charge in [0, 0.05) is 17.3 Å². The molecule has 1 aromatic rings. The Bertz CT molecular complexity index is 407. The minimum Gasteiger partial charge on any atom is -0.362 e. The van der Waals surface area contributed by atoms with Crippen molar-refractivity contribution < 1.29 is 13.2 Å². The van der Waals surface area contributed by atoms with E-state index in [9.17, 15) is 13.2 Å². The van der Waals surface area contributed by atoms with Gasteiger partial charge in [-0.15, -0.1) is 0 Å². The first kappa shape index (κ1) is 16.1. The Hall–Kier alpha value is -0.940. The fraction of sp³-hybridized carbons (Fsp3) is 0.538. The molecule has 0 aliphatic carbocycles. The molecule has 0 saturated carbocycles. The van der Waals surface area contributed by atoms with E-state index in [1.807, 2.05) is 6.92 Å². The second-order valence-corrected chi connectivity index (χ2v) is 4.72. The van der Waals surface area contributed by atoms with Crippen LogP contribution < -0.4 is 10.6 Å². The molecular weight excluding hydrogens is 277 g/mol. The highest BCUT2D eigenvalue weighted by Gasteiger charge is 2.31. The van der Waals surface area contributed by atoms with Crippen LogP contribution in [0.3, 0.4) is 0 Å². The highest BCUT2D eigenvalue weighted by molar-refractivity contribution is 6.31. The fourth-order valence-electron chi connectivity index (χ4n) is 2.01. The SMILES string of the molecule is CCCN(CC(F)(F)F)c1cccc(Cl)c1CCN. The molecular formula is C13H18ClF3N2. The largest absolute Gasteiger partial charge is 0.405 e. The molecule has 0 saturated heterocycles. The molecule has 1 aromatic carbocycles. The number of hydrogen-bond donors (Lipinski definition) is 1. The van der Waals surface area contributed by atoms with Crippen LogP contribution in [0.1, 0.15) is 18.9 Å². The Labute approximate surface area is 116 Å². The van der Waals surface area contributed by atoms with E-state index in [0.29, 0.717) is 42.2 Å². The summed E-state index contributed by atoms with van der Waals surface area (Å²) in [6.45, 7) is 1.55. The summed E-state index contributed by atoms with van der Waals surface area (Å²) in [5, 5.41) is 0.464. The van der Waals surface area contributed by atoms with Gasteiger partial charge >= 0.3 is 6.18 Å². The van der Waals surface area contributed by atoms with E-state index < -0.39 is 12.7 Å². The van der Waals surface area contributed by atoms with Gasteiger partial charge in [-0.1, -0.05) is 24.6 Å². The lowest BCUT2D eigenvalue weighted by Crippen LogP contribution is -2.35. The first-order valence-electron chi connectivity index (χ1n) is 6.18. The van der Waals surface area contributed by atoms with E-state index in [0.717, 1.165) is 0 Å². The standard InChI is InChI=1S/C13H18ClF3N2/c1-2-8-19(9-13(15,16)17)12-5-3-4-11(14)10(12)6-7-18/h3-5H,2,6-9,18H2,1H3. The molecule has 0 bridgehead atoms. The number of rotatable bonds is 6. The van der Waals surface area contributed by atoms with Gasteiger partial charge in [0.15, 0.2) is 0 Å². The molecule has 19 heavy (non-hydrogen) atoms. The van der Waals surface area contributed by atoms with E-state index in [4.69, 9.17) is 17.3 Å². The van der Waals surface area contributed by atoms with Gasteiger partial charge < -0.3 is 10.6 Å². The van der Waals surface area contributed by atoms with Crippen molar-refractivity contribution in [1.29, 1.82) is 0 Å². The molecule has 2 N–H and O–H groups in total. The average molecular weight is 295 g/mol. The average Bonchev–Trinajstić information content (AvgIpc) is 2.30. The lowest BCUT2D eigenvalue weighted by atomic mass is 10.1. The van der Waals surface area contributed by atoms with Crippen LogP contribution in [0.5, 0.6) is 0 Å². The summed E-state index contributed by atoms with van der Waals surface area (Å²) in [7, 11) is 0. The van der Waals surface area contributed by atoms with Gasteiger partial charge in [0.25, 0.3) is 0 Å². The minimum atomic E-state index is -4.24. The molecule has 0 amide bonds. The molecule has 0 fully saturated rings. The summed E-state index contributed by atoms with van der Waals surface area (Å²) >= 11 is 6.06. The van der Waals surface area contributed by atoms with Gasteiger partial charge in [0.05, 0.1) is 0 Å². The Morgan fingerprint density at radius 1 is 1.32 bits per heavy atom. The Kier molecular flexibility index (Phi) is 5.94. The second kappa shape index (κ2) is 7.01. The molecule has 108 valence electrons. The van der Waals surface area contributed by atoms with Crippen LogP contribution in [0.4, 0.5) is 18.9 Å². The summed E-state index contributed by atoms with van der Waals surface area (Å²) in [6.07, 6.45) is -3.14. The fourth-order valence-corrected chi connectivity index (χ4v) is 2.27. The van der Waals surface area contributed by atoms with Gasteiger partial charge in [-0.3, -0.25) is 0 Å². The molecule has 2 nitrogen and oxygen atoms in total. The molecule has 0 aliphatic heterocycles.